The lowest BCUT2D eigenvalue weighted by atomic mass is 10.2. The molecular weight excluding hydrogens is 302 g/mol. The third-order valence-corrected chi connectivity index (χ3v) is 4.74. The number of nitrogens with one attached hydrogen (secondary N) is 3. The van der Waals surface area contributed by atoms with Crippen molar-refractivity contribution in [2.24, 2.45) is 0 Å². The number of hydrogen-bond acceptors (Lipinski definition) is 4. The molecule has 116 valence electrons. The molecule has 0 aromatic heterocycles. The Labute approximate surface area is 132 Å². The first-order chi connectivity index (χ1) is 10.6. The summed E-state index contributed by atoms with van der Waals surface area (Å²) in [5, 5.41) is 7.68. The number of rotatable bonds is 5. The summed E-state index contributed by atoms with van der Waals surface area (Å²) in [7, 11) is 0. The van der Waals surface area contributed by atoms with E-state index >= 15 is 0 Å². The van der Waals surface area contributed by atoms with Crippen LogP contribution in [0, 0.1) is 0 Å². The van der Waals surface area contributed by atoms with Gasteiger partial charge in [-0.15, -0.1) is 11.8 Å². The van der Waals surface area contributed by atoms with Gasteiger partial charge in [-0.2, -0.15) is 0 Å². The molecule has 1 heterocycles. The number of fused-ring (bicyclic) bond motifs is 1. The van der Waals surface area contributed by atoms with E-state index in [0.717, 1.165) is 23.4 Å². The lowest BCUT2D eigenvalue weighted by Crippen LogP contribution is -2.40. The van der Waals surface area contributed by atoms with Gasteiger partial charge in [0.1, 0.15) is 0 Å². The second kappa shape index (κ2) is 6.39. The summed E-state index contributed by atoms with van der Waals surface area (Å²) < 4.78 is 0. The van der Waals surface area contributed by atoms with Crippen molar-refractivity contribution >= 4 is 35.2 Å². The molecule has 1 atom stereocenters. The van der Waals surface area contributed by atoms with Gasteiger partial charge in [0.25, 0.3) is 0 Å². The Balaban J connectivity index is 1.49. The van der Waals surface area contributed by atoms with Gasteiger partial charge >= 0.3 is 0 Å². The van der Waals surface area contributed by atoms with Crippen molar-refractivity contribution in [2.45, 2.75) is 35.4 Å². The van der Waals surface area contributed by atoms with Gasteiger partial charge in [0.05, 0.1) is 17.5 Å². The largest absolute Gasteiger partial charge is 0.352 e. The lowest BCUT2D eigenvalue weighted by Gasteiger charge is -2.23. The number of carbonyl (C=O) groups is 3. The van der Waals surface area contributed by atoms with E-state index in [2.05, 4.69) is 16.0 Å². The van der Waals surface area contributed by atoms with Gasteiger partial charge in [0.15, 0.2) is 0 Å². The van der Waals surface area contributed by atoms with Crippen molar-refractivity contribution in [2.75, 3.05) is 11.9 Å². The second-order valence-corrected chi connectivity index (χ2v) is 6.66. The second-order valence-electron chi connectivity index (χ2n) is 5.41. The lowest BCUT2D eigenvalue weighted by molar-refractivity contribution is -0.127. The fraction of sp³-hybridized carbons (Fsp3) is 0.400. The molecule has 0 bridgehead atoms. The van der Waals surface area contributed by atoms with Crippen molar-refractivity contribution in [3.05, 3.63) is 24.3 Å². The third-order valence-electron chi connectivity index (χ3n) is 3.47. The molecule has 1 fully saturated rings. The van der Waals surface area contributed by atoms with Crippen LogP contribution < -0.4 is 16.0 Å². The molecular formula is C15H17N3O3S. The number of carbonyl (C=O) groups excluding carboxylic acids is 3. The Morgan fingerprint density at radius 2 is 2.00 bits per heavy atom. The van der Waals surface area contributed by atoms with Gasteiger partial charge in [-0.25, -0.2) is 0 Å². The number of thioether (sulfide) groups is 1. The van der Waals surface area contributed by atoms with Crippen LogP contribution in [0.1, 0.15) is 19.3 Å². The molecule has 0 spiro atoms. The van der Waals surface area contributed by atoms with Crippen LogP contribution in [0.5, 0.6) is 0 Å². The first-order valence-corrected chi connectivity index (χ1v) is 8.12. The number of hydrogen-bond donors (Lipinski definition) is 3. The van der Waals surface area contributed by atoms with Crippen LogP contribution >= 0.6 is 11.8 Å². The predicted molar refractivity (Wildman–Crippen MR) is 83.5 cm³/mol. The molecule has 3 amide bonds. The van der Waals surface area contributed by atoms with E-state index in [1.807, 2.05) is 24.3 Å². The number of anilines is 1. The maximum atomic E-state index is 12.0. The average Bonchev–Trinajstić information content (AvgIpc) is 3.30. The molecule has 0 saturated heterocycles. The van der Waals surface area contributed by atoms with Crippen molar-refractivity contribution in [3.8, 4) is 0 Å². The third kappa shape index (κ3) is 3.79. The molecule has 1 aliphatic carbocycles. The summed E-state index contributed by atoms with van der Waals surface area (Å²) in [6, 6.07) is 7.76. The van der Waals surface area contributed by atoms with E-state index in [4.69, 9.17) is 0 Å². The summed E-state index contributed by atoms with van der Waals surface area (Å²) in [4.78, 5) is 36.3. The van der Waals surface area contributed by atoms with Crippen molar-refractivity contribution < 1.29 is 14.4 Å². The molecule has 3 N–H and O–H groups in total. The van der Waals surface area contributed by atoms with Gasteiger partial charge in [-0.1, -0.05) is 12.1 Å². The minimum absolute atomic E-state index is 0.0368. The van der Waals surface area contributed by atoms with Gasteiger partial charge in [0, 0.05) is 17.4 Å². The minimum atomic E-state index is -0.471. The standard InChI is InChI=1S/C15H17N3O3S/c19-13(16-8-14(20)17-9-5-6-9)7-12-15(21)18-10-3-1-2-4-11(10)22-12/h1-4,9,12H,5-8H2,(H,16,19)(H,17,20)(H,18,21)/t12-/m0/s1. The molecule has 1 aromatic rings. The van der Waals surface area contributed by atoms with E-state index in [0.29, 0.717) is 0 Å². The fourth-order valence-electron chi connectivity index (χ4n) is 2.15. The predicted octanol–water partition coefficient (Wildman–Crippen LogP) is 0.884. The molecule has 6 nitrogen and oxygen atoms in total. The zero-order valence-corrected chi connectivity index (χ0v) is 12.7. The molecule has 1 aromatic carbocycles. The Hall–Kier alpha value is -2.02. The van der Waals surface area contributed by atoms with Crippen LogP contribution in [-0.2, 0) is 14.4 Å². The summed E-state index contributed by atoms with van der Waals surface area (Å²) in [6.07, 6.45) is 2.08. The van der Waals surface area contributed by atoms with E-state index < -0.39 is 5.25 Å². The normalized spacial score (nSPS) is 19.8. The maximum Gasteiger partial charge on any atom is 0.239 e. The Bertz CT molecular complexity index is 616. The fourth-order valence-corrected chi connectivity index (χ4v) is 3.26. The zero-order valence-electron chi connectivity index (χ0n) is 11.9. The smallest absolute Gasteiger partial charge is 0.239 e. The van der Waals surface area contributed by atoms with E-state index in [9.17, 15) is 14.4 Å². The first-order valence-electron chi connectivity index (χ1n) is 7.24. The minimum Gasteiger partial charge on any atom is -0.352 e. The van der Waals surface area contributed by atoms with E-state index in [1.165, 1.54) is 11.8 Å². The highest BCUT2D eigenvalue weighted by Gasteiger charge is 2.29. The quantitative estimate of drug-likeness (QED) is 0.752. The van der Waals surface area contributed by atoms with E-state index in [-0.39, 0.29) is 36.7 Å². The topological polar surface area (TPSA) is 87.3 Å². The van der Waals surface area contributed by atoms with Crippen LogP contribution in [0.25, 0.3) is 0 Å². The van der Waals surface area contributed by atoms with Gasteiger partial charge in [-0.05, 0) is 25.0 Å². The van der Waals surface area contributed by atoms with Crippen molar-refractivity contribution in [1.29, 1.82) is 0 Å². The van der Waals surface area contributed by atoms with Crippen LogP contribution in [-0.4, -0.2) is 35.6 Å². The molecule has 1 aliphatic heterocycles. The number of benzene rings is 1. The van der Waals surface area contributed by atoms with Crippen LogP contribution in [0.2, 0.25) is 0 Å². The SMILES string of the molecule is O=C(C[C@@H]1Sc2ccccc2NC1=O)NCC(=O)NC1CC1. The Morgan fingerprint density at radius 1 is 1.23 bits per heavy atom. The summed E-state index contributed by atoms with van der Waals surface area (Å²) in [5.41, 5.74) is 0.776. The summed E-state index contributed by atoms with van der Waals surface area (Å²) >= 11 is 1.37. The molecule has 1 saturated carbocycles. The Morgan fingerprint density at radius 3 is 2.77 bits per heavy atom. The summed E-state index contributed by atoms with van der Waals surface area (Å²) in [5.74, 6) is -0.652. The number of para-hydroxylation sites is 1. The van der Waals surface area contributed by atoms with Crippen LogP contribution in [0.4, 0.5) is 5.69 Å². The number of amides is 3. The van der Waals surface area contributed by atoms with Crippen LogP contribution in [0.3, 0.4) is 0 Å². The summed E-state index contributed by atoms with van der Waals surface area (Å²) in [6.45, 7) is -0.0368. The van der Waals surface area contributed by atoms with Crippen LogP contribution in [0.15, 0.2) is 29.2 Å². The molecule has 22 heavy (non-hydrogen) atoms. The maximum absolute atomic E-state index is 12.0. The molecule has 0 radical (unpaired) electrons. The molecule has 0 unspecified atom stereocenters. The van der Waals surface area contributed by atoms with Gasteiger partial charge in [0.2, 0.25) is 17.7 Å². The Kier molecular flexibility index (Phi) is 4.33. The highest BCUT2D eigenvalue weighted by atomic mass is 32.2. The molecule has 3 rings (SSSR count). The monoisotopic (exact) mass is 319 g/mol. The van der Waals surface area contributed by atoms with Gasteiger partial charge < -0.3 is 16.0 Å². The van der Waals surface area contributed by atoms with E-state index in [1.54, 1.807) is 0 Å². The molecule has 7 heteroatoms. The average molecular weight is 319 g/mol. The van der Waals surface area contributed by atoms with Crippen molar-refractivity contribution in [3.63, 3.8) is 0 Å². The van der Waals surface area contributed by atoms with Gasteiger partial charge in [-0.3, -0.25) is 14.4 Å². The van der Waals surface area contributed by atoms with Crippen molar-refractivity contribution in [1.82, 2.24) is 10.6 Å². The zero-order chi connectivity index (χ0) is 15.5. The highest BCUT2D eigenvalue weighted by molar-refractivity contribution is 8.01. The highest BCUT2D eigenvalue weighted by Crippen LogP contribution is 2.36. The molecule has 2 aliphatic rings. The first kappa shape index (κ1) is 14.9.